The van der Waals surface area contributed by atoms with Gasteiger partial charge in [-0.05, 0) is 11.8 Å². The maximum Gasteiger partial charge on any atom is 0.404 e. The van der Waals surface area contributed by atoms with Gasteiger partial charge in [-0.25, -0.2) is 8.98 Å². The van der Waals surface area contributed by atoms with Crippen molar-refractivity contribution in [3.05, 3.63) is 0 Å². The Balaban J connectivity index is 0. The van der Waals surface area contributed by atoms with Crippen molar-refractivity contribution in [2.24, 2.45) is 5.41 Å². The third-order valence-electron chi connectivity index (χ3n) is 1.68. The SMILES string of the molecule is CC(C)(CCNC(=O)O)COS(=O)(=O)O.[Fm]. The third-order valence-corrected chi connectivity index (χ3v) is 2.09. The molecule has 0 spiro atoms. The predicted octanol–water partition coefficient (Wildman–Crippen LogP) is 0.490. The molecule has 0 unspecified atom stereocenters. The summed E-state index contributed by atoms with van der Waals surface area (Å²) in [5.41, 5.74) is -0.543. The van der Waals surface area contributed by atoms with E-state index in [1.807, 2.05) is 0 Å². The quantitative estimate of drug-likeness (QED) is 0.460. The van der Waals surface area contributed by atoms with Gasteiger partial charge in [-0.1, -0.05) is 13.8 Å². The van der Waals surface area contributed by atoms with Gasteiger partial charge in [0.2, 0.25) is 0 Å². The first-order chi connectivity index (χ1) is 6.62. The molecule has 0 saturated carbocycles. The van der Waals surface area contributed by atoms with Gasteiger partial charge in [0.25, 0.3) is 0 Å². The number of hydrogen-bond acceptors (Lipinski definition) is 4. The van der Waals surface area contributed by atoms with Crippen molar-refractivity contribution >= 4 is 16.5 Å². The summed E-state index contributed by atoms with van der Waals surface area (Å²) < 4.78 is 33.1. The zero-order valence-electron chi connectivity index (χ0n) is 8.85. The normalized spacial score (nSPS) is 11.7. The molecule has 0 aromatic rings. The molecule has 9 heteroatoms. The van der Waals surface area contributed by atoms with E-state index in [1.165, 1.54) is 0 Å². The summed E-state index contributed by atoms with van der Waals surface area (Å²) in [7, 11) is -4.44. The molecule has 0 heterocycles. The summed E-state index contributed by atoms with van der Waals surface area (Å²) in [5.74, 6) is 0. The Morgan fingerprint density at radius 1 is 1.44 bits per heavy atom. The molecule has 0 rings (SSSR count). The molecule has 0 saturated heterocycles. The standard InChI is InChI=1S/C7H15NO6S.Fm/c1-7(2,3-4-8-6(9)10)5-14-15(11,12)13;/h8H,3-5H2,1-2H3,(H,9,10)(H,11,12,13);. The van der Waals surface area contributed by atoms with Gasteiger partial charge in [-0.2, -0.15) is 8.42 Å². The minimum atomic E-state index is -4.44. The van der Waals surface area contributed by atoms with Crippen molar-refractivity contribution in [3.8, 4) is 0 Å². The smallest absolute Gasteiger partial charge is 0.404 e. The summed E-state index contributed by atoms with van der Waals surface area (Å²) in [6.07, 6.45) is -0.740. The van der Waals surface area contributed by atoms with Crippen LogP contribution in [0.15, 0.2) is 0 Å². The van der Waals surface area contributed by atoms with E-state index in [-0.39, 0.29) is 13.2 Å². The van der Waals surface area contributed by atoms with Crippen molar-refractivity contribution in [1.29, 1.82) is 0 Å². The second-order valence-electron chi connectivity index (χ2n) is 3.84. The van der Waals surface area contributed by atoms with Gasteiger partial charge in [-0.15, -0.1) is 0 Å². The number of nitrogens with one attached hydrogen (secondary N) is 1. The first kappa shape index (κ1) is 16.6. The largest absolute Gasteiger partial charge is 0.465 e. The molecule has 0 bridgehead atoms. The van der Waals surface area contributed by atoms with E-state index in [0.29, 0.717) is 6.42 Å². The second kappa shape index (κ2) is 5.89. The molecule has 0 aliphatic carbocycles. The fourth-order valence-electron chi connectivity index (χ4n) is 0.814. The van der Waals surface area contributed by atoms with Crippen molar-refractivity contribution in [3.63, 3.8) is 0 Å². The average molecular weight is 498 g/mol. The van der Waals surface area contributed by atoms with Gasteiger partial charge < -0.3 is 10.4 Å². The molecular formula is C7H15FmNO6S. The van der Waals surface area contributed by atoms with E-state index in [0.717, 1.165) is 0 Å². The zero-order chi connectivity index (χ0) is 12.1. The van der Waals surface area contributed by atoms with Crippen LogP contribution in [0, 0.1) is 5.41 Å². The van der Waals surface area contributed by atoms with Crippen molar-refractivity contribution in [2.45, 2.75) is 20.3 Å². The van der Waals surface area contributed by atoms with Crippen LogP contribution in [0.4, 0.5) is 4.79 Å². The van der Waals surface area contributed by atoms with E-state index >= 15 is 0 Å². The first-order valence-corrected chi connectivity index (χ1v) is 5.57. The Kier molecular flexibility index (Phi) is 6.09. The van der Waals surface area contributed by atoms with Crippen LogP contribution in [0.3, 0.4) is 0 Å². The predicted molar refractivity (Wildman–Crippen MR) is 51.9 cm³/mol. The maximum atomic E-state index is 10.3. The molecule has 0 aliphatic heterocycles. The van der Waals surface area contributed by atoms with Crippen LogP contribution in [0.1, 0.15) is 20.3 Å². The minimum absolute atomic E-state index is 0. The first-order valence-electron chi connectivity index (χ1n) is 4.21. The summed E-state index contributed by atoms with van der Waals surface area (Å²) in [6, 6.07) is 0. The van der Waals surface area contributed by atoms with E-state index in [4.69, 9.17) is 9.66 Å². The molecule has 102 valence electrons. The maximum absolute atomic E-state index is 10.3. The summed E-state index contributed by atoms with van der Waals surface area (Å²) in [4.78, 5) is 10.1. The summed E-state index contributed by atoms with van der Waals surface area (Å²) in [6.45, 7) is 3.38. The number of carboxylic acid groups (broad SMARTS) is 1. The van der Waals surface area contributed by atoms with Gasteiger partial charge in [0, 0.05) is 6.54 Å². The van der Waals surface area contributed by atoms with E-state index in [1.54, 1.807) is 13.8 Å². The monoisotopic (exact) mass is 498 g/mol. The molecule has 0 radical (unpaired) electrons. The van der Waals surface area contributed by atoms with Gasteiger partial charge in [0.1, 0.15) is 0 Å². The number of carbonyl (C=O) groups is 1. The van der Waals surface area contributed by atoms with Gasteiger partial charge >= 0.3 is 16.5 Å². The Labute approximate surface area is 88.4 Å². The number of rotatable bonds is 6. The van der Waals surface area contributed by atoms with Crippen molar-refractivity contribution in [2.75, 3.05) is 13.2 Å². The molecule has 0 aliphatic rings. The van der Waals surface area contributed by atoms with E-state index < -0.39 is 21.9 Å². The molecule has 0 aromatic carbocycles. The van der Waals surface area contributed by atoms with Crippen LogP contribution in [0.2, 0.25) is 0 Å². The Hall–Kier alpha value is -1.86. The molecule has 0 fully saturated rings. The second-order valence-corrected chi connectivity index (χ2v) is 4.93. The van der Waals surface area contributed by atoms with Gasteiger partial charge in [0.05, 0.1) is 6.61 Å². The Bertz CT molecular complexity index is 315. The molecule has 16 heavy (non-hydrogen) atoms. The van der Waals surface area contributed by atoms with Crippen LogP contribution in [-0.4, -0.2) is 37.3 Å². The van der Waals surface area contributed by atoms with Crippen LogP contribution >= 0.6 is 0 Å². The van der Waals surface area contributed by atoms with Crippen LogP contribution in [0.5, 0.6) is 0 Å². The molecule has 7 nitrogen and oxygen atoms in total. The minimum Gasteiger partial charge on any atom is -0.465 e. The topological polar surface area (TPSA) is 113 Å². The van der Waals surface area contributed by atoms with E-state index in [9.17, 15) is 13.2 Å². The van der Waals surface area contributed by atoms with Crippen LogP contribution in [-0.2, 0) is 14.6 Å². The third kappa shape index (κ3) is 10.2. The average Bonchev–Trinajstić information content (AvgIpc) is 1.99. The van der Waals surface area contributed by atoms with Crippen LogP contribution < -0.4 is 5.32 Å². The molecule has 0 atom stereocenters. The summed E-state index contributed by atoms with van der Waals surface area (Å²) >= 11 is 0. The van der Waals surface area contributed by atoms with Gasteiger partial charge in [0.15, 0.2) is 0 Å². The van der Waals surface area contributed by atoms with Gasteiger partial charge in [-0.3, -0.25) is 4.55 Å². The van der Waals surface area contributed by atoms with Crippen LogP contribution in [0.25, 0.3) is 0 Å². The fraction of sp³-hybridized carbons (Fsp3) is 0.857. The van der Waals surface area contributed by atoms with Crippen molar-refractivity contribution < 1.29 is 27.1 Å². The Morgan fingerprint density at radius 3 is 2.31 bits per heavy atom. The van der Waals surface area contributed by atoms with E-state index in [2.05, 4.69) is 9.50 Å². The van der Waals surface area contributed by atoms with Crippen molar-refractivity contribution in [1.82, 2.24) is 5.32 Å². The summed E-state index contributed by atoms with van der Waals surface area (Å²) in [5, 5.41) is 10.4. The fourth-order valence-corrected chi connectivity index (χ4v) is 1.28. The molecular weight excluding hydrogens is 483 g/mol. The zero-order valence-corrected chi connectivity index (χ0v) is 12.1. The number of amides is 1. The number of hydrogen-bond donors (Lipinski definition) is 3. The molecule has 0 aromatic heterocycles. The molecule has 1 amide bonds. The molecule has 3 N–H and O–H groups in total. The Morgan fingerprint density at radius 2 is 1.94 bits per heavy atom.